The van der Waals surface area contributed by atoms with Crippen molar-refractivity contribution in [1.82, 2.24) is 0 Å². The van der Waals surface area contributed by atoms with Crippen LogP contribution in [0.15, 0.2) is 23.2 Å². The van der Waals surface area contributed by atoms with E-state index in [1.807, 2.05) is 0 Å². The summed E-state index contributed by atoms with van der Waals surface area (Å²) in [5, 5.41) is 2.72. The zero-order chi connectivity index (χ0) is 21.0. The average Bonchev–Trinajstić information content (AvgIpc) is 3.36. The maximum Gasteiger partial charge on any atom is 0.253 e. The van der Waals surface area contributed by atoms with E-state index in [1.54, 1.807) is 6.92 Å². The van der Waals surface area contributed by atoms with Crippen molar-refractivity contribution in [1.29, 1.82) is 0 Å². The molecule has 3 rings (SSSR count). The summed E-state index contributed by atoms with van der Waals surface area (Å²) in [7, 11) is 0. The maximum absolute atomic E-state index is 14.7. The zero-order valence-electron chi connectivity index (χ0n) is 16.2. The monoisotopic (exact) mass is 427 g/mol. The molecule has 4 atom stereocenters. The predicted molar refractivity (Wildman–Crippen MR) is 108 cm³/mol. The Balaban J connectivity index is 1.90. The lowest BCUT2D eigenvalue weighted by Crippen LogP contribution is -2.34. The molecule has 2 aliphatic heterocycles. The number of halogens is 1. The highest BCUT2D eigenvalue weighted by atomic mass is 32.2. The maximum atomic E-state index is 14.7. The molecule has 1 amide bonds. The second-order valence-corrected chi connectivity index (χ2v) is 8.45. The number of hydrogen-bond acceptors (Lipinski definition) is 5. The number of nitrogens with zero attached hydrogens (tertiary/aromatic N) is 1. The number of carbonyl (C=O) groups excluding carboxylic acids is 1. The first-order valence-corrected chi connectivity index (χ1v) is 10.8. The van der Waals surface area contributed by atoms with Gasteiger partial charge in [0.25, 0.3) is 5.91 Å². The van der Waals surface area contributed by atoms with Crippen LogP contribution in [0.2, 0.25) is 0 Å². The van der Waals surface area contributed by atoms with E-state index < -0.39 is 28.5 Å². The van der Waals surface area contributed by atoms with Crippen LogP contribution >= 0.6 is 0 Å². The molecule has 0 saturated carbocycles. The minimum absolute atomic E-state index is 0.0758. The lowest BCUT2D eigenvalue weighted by Gasteiger charge is -2.27. The Kier molecular flexibility index (Phi) is 6.99. The molecule has 1 aromatic rings. The van der Waals surface area contributed by atoms with Crippen LogP contribution in [0.5, 0.6) is 0 Å². The third-order valence-electron chi connectivity index (χ3n) is 5.16. The molecule has 1 unspecified atom stereocenters. The highest BCUT2D eigenvalue weighted by molar-refractivity contribution is 7.79. The summed E-state index contributed by atoms with van der Waals surface area (Å²) in [5.41, 5.74) is 5.15. The number of hydrogen-bond donors (Lipinski definition) is 3. The molecule has 2 heterocycles. The molecule has 0 spiro atoms. The number of benzene rings is 1. The number of amidine groups is 1. The lowest BCUT2D eigenvalue weighted by atomic mass is 9.93. The van der Waals surface area contributed by atoms with Crippen molar-refractivity contribution < 1.29 is 27.4 Å². The molecule has 0 bridgehead atoms. The van der Waals surface area contributed by atoms with Crippen LogP contribution in [0.4, 0.5) is 10.1 Å². The van der Waals surface area contributed by atoms with Crippen LogP contribution in [-0.2, 0) is 30.9 Å². The third-order valence-corrected chi connectivity index (χ3v) is 5.97. The first-order valence-electron chi connectivity index (χ1n) is 9.51. The molecule has 0 aliphatic carbocycles. The SMILES string of the molecule is C[C@@](CS(=O)O)(N=C(N)[C@@H]1CCOC1)c1cc(NC(=O)[C@H]2CCCO2)ccc1F. The molecule has 2 saturated heterocycles. The highest BCUT2D eigenvalue weighted by Crippen LogP contribution is 2.32. The molecular formula is C19H26FN3O5S. The van der Waals surface area contributed by atoms with Crippen LogP contribution in [0.3, 0.4) is 0 Å². The number of rotatable bonds is 7. The molecule has 2 aliphatic rings. The zero-order valence-corrected chi connectivity index (χ0v) is 17.0. The molecule has 1 aromatic carbocycles. The first kappa shape index (κ1) is 21.8. The summed E-state index contributed by atoms with van der Waals surface area (Å²) in [6.45, 7) is 3.05. The molecule has 2 fully saturated rings. The van der Waals surface area contributed by atoms with Gasteiger partial charge in [-0.2, -0.15) is 0 Å². The van der Waals surface area contributed by atoms with Crippen LogP contribution < -0.4 is 11.1 Å². The molecule has 10 heteroatoms. The van der Waals surface area contributed by atoms with E-state index in [2.05, 4.69) is 10.3 Å². The van der Waals surface area contributed by atoms with Gasteiger partial charge in [0.2, 0.25) is 0 Å². The van der Waals surface area contributed by atoms with Gasteiger partial charge in [0, 0.05) is 30.4 Å². The molecule has 0 aromatic heterocycles. The van der Waals surface area contributed by atoms with E-state index in [1.165, 1.54) is 18.2 Å². The van der Waals surface area contributed by atoms with Gasteiger partial charge in [0.1, 0.15) is 23.3 Å². The Morgan fingerprint density at radius 1 is 1.45 bits per heavy atom. The van der Waals surface area contributed by atoms with E-state index >= 15 is 0 Å². The van der Waals surface area contributed by atoms with Gasteiger partial charge in [-0.25, -0.2) is 8.60 Å². The Hall–Kier alpha value is -1.88. The summed E-state index contributed by atoms with van der Waals surface area (Å²) in [5.74, 6) is -1.12. The predicted octanol–water partition coefficient (Wildman–Crippen LogP) is 1.77. The van der Waals surface area contributed by atoms with Crippen LogP contribution in [0.1, 0.15) is 31.7 Å². The number of carbonyl (C=O) groups is 1. The summed E-state index contributed by atoms with van der Waals surface area (Å²) in [6.07, 6.45) is 1.60. The fourth-order valence-electron chi connectivity index (χ4n) is 3.58. The third kappa shape index (κ3) is 5.39. The molecule has 8 nitrogen and oxygen atoms in total. The summed E-state index contributed by atoms with van der Waals surface area (Å²) < 4.78 is 46.5. The highest BCUT2D eigenvalue weighted by Gasteiger charge is 2.34. The molecule has 0 radical (unpaired) electrons. The van der Waals surface area contributed by atoms with E-state index in [0.717, 1.165) is 6.42 Å². The van der Waals surface area contributed by atoms with E-state index in [4.69, 9.17) is 15.2 Å². The standard InChI is InChI=1S/C19H26FN3O5S/c1-19(11-29(25)26,23-17(21)12-6-8-27-10-12)14-9-13(4-5-15(14)20)22-18(24)16-3-2-7-28-16/h4-5,9,12,16H,2-3,6-8,10-11H2,1H3,(H2,21,23)(H,22,24)(H,25,26)/t12-,16-,19+/m1/s1. The largest absolute Gasteiger partial charge is 0.387 e. The van der Waals surface area contributed by atoms with Crippen molar-refractivity contribution in [2.45, 2.75) is 37.8 Å². The van der Waals surface area contributed by atoms with Crippen molar-refractivity contribution in [2.75, 3.05) is 30.9 Å². The van der Waals surface area contributed by atoms with Gasteiger partial charge < -0.3 is 25.1 Å². The van der Waals surface area contributed by atoms with Crippen LogP contribution in [0, 0.1) is 11.7 Å². The fraction of sp³-hybridized carbons (Fsp3) is 0.579. The number of aliphatic imine (C=N–C) groups is 1. The second kappa shape index (κ2) is 9.29. The molecule has 29 heavy (non-hydrogen) atoms. The smallest absolute Gasteiger partial charge is 0.253 e. The molecular weight excluding hydrogens is 401 g/mol. The average molecular weight is 427 g/mol. The van der Waals surface area contributed by atoms with Gasteiger partial charge in [-0.1, -0.05) is 0 Å². The van der Waals surface area contributed by atoms with Gasteiger partial charge in [0.05, 0.1) is 12.4 Å². The van der Waals surface area contributed by atoms with Crippen molar-refractivity contribution in [3.8, 4) is 0 Å². The van der Waals surface area contributed by atoms with Crippen molar-refractivity contribution >= 4 is 28.5 Å². The normalized spacial score (nSPS) is 25.6. The summed E-state index contributed by atoms with van der Waals surface area (Å²) in [4.78, 5) is 16.8. The van der Waals surface area contributed by atoms with Gasteiger partial charge in [0.15, 0.2) is 11.1 Å². The number of anilines is 1. The first-order chi connectivity index (χ1) is 13.8. The van der Waals surface area contributed by atoms with Crippen molar-refractivity contribution in [2.24, 2.45) is 16.6 Å². The van der Waals surface area contributed by atoms with E-state index in [-0.39, 0.29) is 29.0 Å². The van der Waals surface area contributed by atoms with Gasteiger partial charge >= 0.3 is 0 Å². The summed E-state index contributed by atoms with van der Waals surface area (Å²) in [6, 6.07) is 4.06. The van der Waals surface area contributed by atoms with E-state index in [9.17, 15) is 17.9 Å². The van der Waals surface area contributed by atoms with Crippen molar-refractivity contribution in [3.63, 3.8) is 0 Å². The Morgan fingerprint density at radius 2 is 2.24 bits per heavy atom. The minimum Gasteiger partial charge on any atom is -0.387 e. The van der Waals surface area contributed by atoms with Gasteiger partial charge in [-0.15, -0.1) is 0 Å². The number of amides is 1. The number of ether oxygens (including phenoxy) is 2. The van der Waals surface area contributed by atoms with Gasteiger partial charge in [-0.3, -0.25) is 9.79 Å². The quantitative estimate of drug-likeness (QED) is 0.346. The Morgan fingerprint density at radius 3 is 2.86 bits per heavy atom. The fourth-order valence-corrected chi connectivity index (χ4v) is 4.28. The number of nitrogens with one attached hydrogen (secondary N) is 1. The Bertz CT molecular complexity index is 809. The topological polar surface area (TPSA) is 123 Å². The minimum atomic E-state index is -2.25. The Labute approximate surface area is 171 Å². The molecule has 4 N–H and O–H groups in total. The van der Waals surface area contributed by atoms with E-state index in [0.29, 0.717) is 38.3 Å². The number of nitrogens with two attached hydrogens (primary N) is 1. The van der Waals surface area contributed by atoms with Crippen molar-refractivity contribution in [3.05, 3.63) is 29.6 Å². The lowest BCUT2D eigenvalue weighted by molar-refractivity contribution is -0.124. The van der Waals surface area contributed by atoms with Crippen LogP contribution in [-0.4, -0.2) is 52.2 Å². The summed E-state index contributed by atoms with van der Waals surface area (Å²) >= 11 is -2.25. The molecule has 160 valence electrons. The van der Waals surface area contributed by atoms with Gasteiger partial charge in [-0.05, 0) is 44.4 Å². The van der Waals surface area contributed by atoms with Crippen LogP contribution in [0.25, 0.3) is 0 Å². The second-order valence-electron chi connectivity index (χ2n) is 7.52.